The first kappa shape index (κ1) is 15.7. The number of amides is 1. The first-order valence-electron chi connectivity index (χ1n) is 7.67. The molecule has 0 aliphatic carbocycles. The van der Waals surface area contributed by atoms with Crippen molar-refractivity contribution in [1.29, 1.82) is 0 Å². The fourth-order valence-corrected chi connectivity index (χ4v) is 2.26. The normalized spacial score (nSPS) is 10.2. The molecule has 1 N–H and O–H groups in total. The van der Waals surface area contributed by atoms with Crippen LogP contribution in [0.25, 0.3) is 0 Å². The highest BCUT2D eigenvalue weighted by Gasteiger charge is 2.14. The van der Waals surface area contributed by atoms with Crippen molar-refractivity contribution in [3.8, 4) is 0 Å². The number of nitrogens with one attached hydrogen (secondary N) is 1. The predicted molar refractivity (Wildman–Crippen MR) is 95.0 cm³/mol. The third kappa shape index (κ3) is 3.76. The highest BCUT2D eigenvalue weighted by atomic mass is 16.2. The zero-order valence-electron chi connectivity index (χ0n) is 13.4. The number of nitrogens with zero attached hydrogens (tertiary/aromatic N) is 3. The molecule has 5 heteroatoms. The zero-order valence-corrected chi connectivity index (χ0v) is 13.4. The number of carbonyl (C=O) groups is 1. The second kappa shape index (κ2) is 7.37. The Hall–Kier alpha value is -3.21. The molecule has 0 fully saturated rings. The van der Waals surface area contributed by atoms with E-state index < -0.39 is 0 Å². The molecule has 120 valence electrons. The Balaban J connectivity index is 1.64. The van der Waals surface area contributed by atoms with Crippen molar-refractivity contribution >= 4 is 17.3 Å². The van der Waals surface area contributed by atoms with Crippen molar-refractivity contribution in [2.24, 2.45) is 0 Å². The molecule has 0 radical (unpaired) electrons. The number of rotatable bonds is 5. The molecule has 0 spiro atoms. The summed E-state index contributed by atoms with van der Waals surface area (Å²) in [5.41, 5.74) is 3.03. The third-order valence-corrected chi connectivity index (χ3v) is 3.63. The van der Waals surface area contributed by atoms with Gasteiger partial charge < -0.3 is 10.2 Å². The number of aromatic nitrogens is 2. The summed E-state index contributed by atoms with van der Waals surface area (Å²) in [6, 6.07) is 18.9. The first-order chi connectivity index (χ1) is 11.7. The van der Waals surface area contributed by atoms with Crippen LogP contribution >= 0.6 is 0 Å². The summed E-state index contributed by atoms with van der Waals surface area (Å²) < 4.78 is 0. The number of carbonyl (C=O) groups excluding carboxylic acids is 1. The lowest BCUT2D eigenvalue weighted by molar-refractivity contribution is 0.0988. The molecule has 0 saturated carbocycles. The Morgan fingerprint density at radius 3 is 2.46 bits per heavy atom. The van der Waals surface area contributed by atoms with Crippen LogP contribution in [0.3, 0.4) is 0 Å². The number of anilines is 2. The summed E-state index contributed by atoms with van der Waals surface area (Å²) in [5, 5.41) is 3.24. The van der Waals surface area contributed by atoms with Crippen LogP contribution < -0.4 is 10.2 Å². The van der Waals surface area contributed by atoms with Gasteiger partial charge in [-0.1, -0.05) is 24.3 Å². The molecule has 0 unspecified atom stereocenters. The van der Waals surface area contributed by atoms with Gasteiger partial charge in [-0.05, 0) is 36.4 Å². The zero-order chi connectivity index (χ0) is 16.8. The molecule has 0 aliphatic heterocycles. The maximum absolute atomic E-state index is 12.5. The standard InChI is InChI=1S/C19H18N4O/c1-23(17-8-3-2-4-9-17)19(24)18-11-10-16(14-22-18)21-13-15-7-5-6-12-20-15/h2-12,14,21H,13H2,1H3. The van der Waals surface area contributed by atoms with E-state index >= 15 is 0 Å². The molecule has 3 rings (SSSR count). The van der Waals surface area contributed by atoms with E-state index in [4.69, 9.17) is 0 Å². The molecule has 0 saturated heterocycles. The number of hydrogen-bond acceptors (Lipinski definition) is 4. The minimum atomic E-state index is -0.141. The van der Waals surface area contributed by atoms with Gasteiger partial charge in [0.25, 0.3) is 5.91 Å². The number of benzene rings is 1. The predicted octanol–water partition coefficient (Wildman–Crippen LogP) is 3.37. The van der Waals surface area contributed by atoms with Crippen molar-refractivity contribution in [2.75, 3.05) is 17.3 Å². The Bertz CT molecular complexity index is 789. The Kier molecular flexibility index (Phi) is 4.81. The van der Waals surface area contributed by atoms with Gasteiger partial charge in [0.05, 0.1) is 24.1 Å². The van der Waals surface area contributed by atoms with Crippen LogP contribution in [0.4, 0.5) is 11.4 Å². The van der Waals surface area contributed by atoms with E-state index in [9.17, 15) is 4.79 Å². The van der Waals surface area contributed by atoms with Crippen molar-refractivity contribution < 1.29 is 4.79 Å². The van der Waals surface area contributed by atoms with Gasteiger partial charge in [-0.15, -0.1) is 0 Å². The lowest BCUT2D eigenvalue weighted by Crippen LogP contribution is -2.26. The van der Waals surface area contributed by atoms with Gasteiger partial charge in [-0.3, -0.25) is 9.78 Å². The van der Waals surface area contributed by atoms with Gasteiger partial charge in [-0.2, -0.15) is 0 Å². The summed E-state index contributed by atoms with van der Waals surface area (Å²) in [6.45, 7) is 0.611. The largest absolute Gasteiger partial charge is 0.378 e. The van der Waals surface area contributed by atoms with Crippen LogP contribution in [-0.2, 0) is 6.54 Å². The maximum Gasteiger partial charge on any atom is 0.276 e. The fourth-order valence-electron chi connectivity index (χ4n) is 2.26. The Labute approximate surface area is 141 Å². The van der Waals surface area contributed by atoms with Crippen molar-refractivity contribution in [2.45, 2.75) is 6.54 Å². The summed E-state index contributed by atoms with van der Waals surface area (Å²) >= 11 is 0. The highest BCUT2D eigenvalue weighted by molar-refractivity contribution is 6.04. The maximum atomic E-state index is 12.5. The van der Waals surface area contributed by atoms with Crippen LogP contribution in [0.1, 0.15) is 16.2 Å². The summed E-state index contributed by atoms with van der Waals surface area (Å²) in [7, 11) is 1.74. The van der Waals surface area contributed by atoms with E-state index in [1.807, 2.05) is 54.6 Å². The van der Waals surface area contributed by atoms with E-state index in [-0.39, 0.29) is 5.91 Å². The first-order valence-corrected chi connectivity index (χ1v) is 7.67. The summed E-state index contributed by atoms with van der Waals surface area (Å²) in [4.78, 5) is 22.6. The van der Waals surface area contributed by atoms with Crippen LogP contribution in [0, 0.1) is 0 Å². The summed E-state index contributed by atoms with van der Waals surface area (Å²) in [5.74, 6) is -0.141. The molecule has 1 aromatic carbocycles. The molecule has 3 aromatic rings. The molecule has 0 atom stereocenters. The summed E-state index contributed by atoms with van der Waals surface area (Å²) in [6.07, 6.45) is 3.42. The second-order valence-corrected chi connectivity index (χ2v) is 5.31. The second-order valence-electron chi connectivity index (χ2n) is 5.31. The van der Waals surface area contributed by atoms with Crippen molar-refractivity contribution in [3.63, 3.8) is 0 Å². The average Bonchev–Trinajstić information content (AvgIpc) is 2.67. The number of pyridine rings is 2. The van der Waals surface area contributed by atoms with Gasteiger partial charge in [0.15, 0.2) is 0 Å². The van der Waals surface area contributed by atoms with E-state index in [0.29, 0.717) is 12.2 Å². The SMILES string of the molecule is CN(C(=O)c1ccc(NCc2ccccn2)cn1)c1ccccc1. The molecule has 2 heterocycles. The van der Waals surface area contributed by atoms with Crippen molar-refractivity contribution in [3.05, 3.63) is 84.4 Å². The fraction of sp³-hybridized carbons (Fsp3) is 0.105. The smallest absolute Gasteiger partial charge is 0.276 e. The monoisotopic (exact) mass is 318 g/mol. The number of hydrogen-bond donors (Lipinski definition) is 1. The topological polar surface area (TPSA) is 58.1 Å². The molecular formula is C19H18N4O. The lowest BCUT2D eigenvalue weighted by atomic mass is 10.2. The molecule has 5 nitrogen and oxygen atoms in total. The van der Waals surface area contributed by atoms with E-state index in [0.717, 1.165) is 17.1 Å². The van der Waals surface area contributed by atoms with E-state index in [2.05, 4.69) is 15.3 Å². The molecular weight excluding hydrogens is 300 g/mol. The third-order valence-electron chi connectivity index (χ3n) is 3.63. The van der Waals surface area contributed by atoms with Gasteiger partial charge in [0, 0.05) is 18.9 Å². The Morgan fingerprint density at radius 1 is 1.00 bits per heavy atom. The van der Waals surface area contributed by atoms with Crippen LogP contribution in [0.2, 0.25) is 0 Å². The average molecular weight is 318 g/mol. The minimum absolute atomic E-state index is 0.141. The Morgan fingerprint density at radius 2 is 1.79 bits per heavy atom. The number of para-hydroxylation sites is 1. The van der Waals surface area contributed by atoms with Gasteiger partial charge in [0.1, 0.15) is 5.69 Å². The minimum Gasteiger partial charge on any atom is -0.378 e. The van der Waals surface area contributed by atoms with Crippen LogP contribution in [0.15, 0.2) is 73.1 Å². The van der Waals surface area contributed by atoms with Crippen molar-refractivity contribution in [1.82, 2.24) is 9.97 Å². The molecule has 24 heavy (non-hydrogen) atoms. The molecule has 0 aliphatic rings. The molecule has 0 bridgehead atoms. The van der Waals surface area contributed by atoms with Gasteiger partial charge in [-0.25, -0.2) is 4.98 Å². The van der Waals surface area contributed by atoms with Crippen LogP contribution in [0.5, 0.6) is 0 Å². The highest BCUT2D eigenvalue weighted by Crippen LogP contribution is 2.15. The molecule has 2 aromatic heterocycles. The van der Waals surface area contributed by atoms with Gasteiger partial charge in [0.2, 0.25) is 0 Å². The van der Waals surface area contributed by atoms with Crippen LogP contribution in [-0.4, -0.2) is 22.9 Å². The van der Waals surface area contributed by atoms with E-state index in [1.165, 1.54) is 0 Å². The van der Waals surface area contributed by atoms with Gasteiger partial charge >= 0.3 is 0 Å². The van der Waals surface area contributed by atoms with E-state index in [1.54, 1.807) is 30.4 Å². The lowest BCUT2D eigenvalue weighted by Gasteiger charge is -2.16. The molecule has 1 amide bonds. The quantitative estimate of drug-likeness (QED) is 0.783.